The molecule has 5 unspecified atom stereocenters. The maximum Gasteiger partial charge on any atom is 0.335 e. The maximum atomic E-state index is 13.1. The molecule has 188 valence electrons. The van der Waals surface area contributed by atoms with E-state index in [4.69, 9.17) is 9.15 Å². The van der Waals surface area contributed by atoms with Gasteiger partial charge in [-0.15, -0.1) is 0 Å². The number of carboxylic acid groups (broad SMARTS) is 1. The number of amides is 1. The van der Waals surface area contributed by atoms with Gasteiger partial charge < -0.3 is 19.6 Å². The maximum absolute atomic E-state index is 13.1. The van der Waals surface area contributed by atoms with Crippen molar-refractivity contribution in [2.75, 3.05) is 0 Å². The van der Waals surface area contributed by atoms with Gasteiger partial charge in [-0.25, -0.2) is 9.78 Å². The van der Waals surface area contributed by atoms with E-state index in [9.17, 15) is 14.7 Å². The van der Waals surface area contributed by atoms with Crippen LogP contribution in [0.2, 0.25) is 0 Å². The average Bonchev–Trinajstić information content (AvgIpc) is 3.61. The van der Waals surface area contributed by atoms with Gasteiger partial charge in [-0.3, -0.25) is 4.79 Å². The first kappa shape index (κ1) is 24.0. The smallest absolute Gasteiger partial charge is 0.335 e. The van der Waals surface area contributed by atoms with Gasteiger partial charge in [0.15, 0.2) is 5.69 Å². The van der Waals surface area contributed by atoms with E-state index < -0.39 is 5.97 Å². The Bertz CT molecular complexity index is 1040. The van der Waals surface area contributed by atoms with E-state index in [1.54, 1.807) is 12.1 Å². The summed E-state index contributed by atoms with van der Waals surface area (Å²) < 4.78 is 12.1. The van der Waals surface area contributed by atoms with Crippen molar-refractivity contribution in [1.29, 1.82) is 0 Å². The molecule has 2 aliphatic heterocycles. The second kappa shape index (κ2) is 10.5. The van der Waals surface area contributed by atoms with E-state index in [-0.39, 0.29) is 36.0 Å². The molecule has 0 spiro atoms. The van der Waals surface area contributed by atoms with E-state index in [1.807, 2.05) is 12.1 Å². The van der Waals surface area contributed by atoms with Gasteiger partial charge in [0.25, 0.3) is 5.91 Å². The number of carbonyl (C=O) groups excluding carboxylic acids is 1. The molecule has 1 aliphatic carbocycles. The van der Waals surface area contributed by atoms with E-state index >= 15 is 0 Å². The third-order valence-electron chi connectivity index (χ3n) is 8.30. The van der Waals surface area contributed by atoms with Gasteiger partial charge in [0.05, 0.1) is 23.7 Å². The molecule has 3 aliphatic rings. The molecule has 2 bridgehead atoms. The van der Waals surface area contributed by atoms with Crippen LogP contribution in [0.25, 0.3) is 0 Å². The lowest BCUT2D eigenvalue weighted by Crippen LogP contribution is -2.41. The highest BCUT2D eigenvalue weighted by Gasteiger charge is 2.51. The third kappa shape index (κ3) is 5.01. The normalized spacial score (nSPS) is 27.1. The summed E-state index contributed by atoms with van der Waals surface area (Å²) in [5.41, 5.74) is 1.45. The number of nitrogens with one attached hydrogen (secondary N) is 1. The van der Waals surface area contributed by atoms with Crippen LogP contribution < -0.4 is 5.32 Å². The SMILES string of the molecule is CCCC(NC(=O)c1coc(C2C3CCC(O3)C2Cc2ccccc2C(=O)O)n1)C1CCCCC1. The molecule has 2 saturated heterocycles. The number of hydrogen-bond donors (Lipinski definition) is 2. The molecule has 1 amide bonds. The van der Waals surface area contributed by atoms with E-state index in [0.29, 0.717) is 29.5 Å². The lowest BCUT2D eigenvalue weighted by atomic mass is 9.75. The highest BCUT2D eigenvalue weighted by molar-refractivity contribution is 5.92. The van der Waals surface area contributed by atoms with E-state index in [1.165, 1.54) is 38.4 Å². The molecular weight excluding hydrogens is 444 g/mol. The fourth-order valence-corrected chi connectivity index (χ4v) is 6.60. The van der Waals surface area contributed by atoms with Crippen molar-refractivity contribution in [3.8, 4) is 0 Å². The summed E-state index contributed by atoms with van der Waals surface area (Å²) >= 11 is 0. The van der Waals surface area contributed by atoms with Crippen LogP contribution in [0.15, 0.2) is 34.9 Å². The minimum absolute atomic E-state index is 0.00775. The first-order valence-electron chi connectivity index (χ1n) is 13.3. The number of aromatic carboxylic acids is 1. The minimum Gasteiger partial charge on any atom is -0.478 e. The summed E-state index contributed by atoms with van der Waals surface area (Å²) in [4.78, 5) is 29.5. The zero-order valence-corrected chi connectivity index (χ0v) is 20.4. The summed E-state index contributed by atoms with van der Waals surface area (Å²) in [7, 11) is 0. The van der Waals surface area contributed by atoms with Crippen molar-refractivity contribution >= 4 is 11.9 Å². The van der Waals surface area contributed by atoms with Crippen LogP contribution in [0.1, 0.15) is 103 Å². The number of hydrogen-bond acceptors (Lipinski definition) is 5. The van der Waals surface area contributed by atoms with Crippen LogP contribution in [0.3, 0.4) is 0 Å². The van der Waals surface area contributed by atoms with Gasteiger partial charge >= 0.3 is 5.97 Å². The van der Waals surface area contributed by atoms with Gasteiger partial charge in [0, 0.05) is 12.0 Å². The van der Waals surface area contributed by atoms with Crippen LogP contribution in [0, 0.1) is 11.8 Å². The number of rotatable bonds is 9. The lowest BCUT2D eigenvalue weighted by Gasteiger charge is -2.30. The van der Waals surface area contributed by atoms with Crippen molar-refractivity contribution in [1.82, 2.24) is 10.3 Å². The Labute approximate surface area is 206 Å². The molecule has 5 atom stereocenters. The molecule has 0 radical (unpaired) electrons. The molecule has 35 heavy (non-hydrogen) atoms. The number of nitrogens with zero attached hydrogens (tertiary/aromatic N) is 1. The summed E-state index contributed by atoms with van der Waals surface area (Å²) in [6.07, 6.45) is 12.1. The summed E-state index contributed by atoms with van der Waals surface area (Å²) in [6, 6.07) is 7.32. The Morgan fingerprint density at radius 1 is 1.11 bits per heavy atom. The summed E-state index contributed by atoms with van der Waals surface area (Å²) in [5, 5.41) is 12.9. The third-order valence-corrected chi connectivity index (χ3v) is 8.30. The number of fused-ring (bicyclic) bond motifs is 2. The number of benzene rings is 1. The second-order valence-corrected chi connectivity index (χ2v) is 10.5. The highest BCUT2D eigenvalue weighted by atomic mass is 16.5. The fourth-order valence-electron chi connectivity index (χ4n) is 6.60. The molecule has 3 heterocycles. The monoisotopic (exact) mass is 480 g/mol. The Balaban J connectivity index is 1.32. The summed E-state index contributed by atoms with van der Waals surface area (Å²) in [6.45, 7) is 2.16. The van der Waals surface area contributed by atoms with E-state index in [0.717, 1.165) is 31.2 Å². The van der Waals surface area contributed by atoms with Crippen molar-refractivity contribution in [3.63, 3.8) is 0 Å². The Morgan fingerprint density at radius 3 is 2.66 bits per heavy atom. The van der Waals surface area contributed by atoms with Crippen LogP contribution >= 0.6 is 0 Å². The van der Waals surface area contributed by atoms with Crippen LogP contribution in [-0.2, 0) is 11.2 Å². The molecule has 1 saturated carbocycles. The van der Waals surface area contributed by atoms with Crippen molar-refractivity contribution < 1.29 is 23.8 Å². The molecule has 1 aromatic carbocycles. The molecule has 2 aromatic rings. The molecule has 7 heteroatoms. The van der Waals surface area contributed by atoms with E-state index in [2.05, 4.69) is 17.2 Å². The summed E-state index contributed by atoms with van der Waals surface area (Å²) in [5.74, 6) is -0.0286. The van der Waals surface area contributed by atoms with Crippen LogP contribution in [0.4, 0.5) is 0 Å². The van der Waals surface area contributed by atoms with Crippen molar-refractivity contribution in [3.05, 3.63) is 53.2 Å². The minimum atomic E-state index is -0.920. The number of aromatic nitrogens is 1. The van der Waals surface area contributed by atoms with Gasteiger partial charge in [-0.1, -0.05) is 50.8 Å². The highest BCUT2D eigenvalue weighted by Crippen LogP contribution is 2.50. The molecule has 1 aromatic heterocycles. The van der Waals surface area contributed by atoms with Gasteiger partial charge in [-0.2, -0.15) is 0 Å². The Morgan fingerprint density at radius 2 is 1.89 bits per heavy atom. The number of carboxylic acids is 1. The second-order valence-electron chi connectivity index (χ2n) is 10.5. The van der Waals surface area contributed by atoms with Gasteiger partial charge in [-0.05, 0) is 56.1 Å². The Hall–Kier alpha value is -2.67. The molecular formula is C28H36N2O5. The molecule has 5 rings (SSSR count). The van der Waals surface area contributed by atoms with Crippen LogP contribution in [0.5, 0.6) is 0 Å². The fraction of sp³-hybridized carbons (Fsp3) is 0.607. The number of oxazole rings is 1. The molecule has 2 N–H and O–H groups in total. The predicted octanol–water partition coefficient (Wildman–Crippen LogP) is 5.36. The van der Waals surface area contributed by atoms with Crippen molar-refractivity contribution in [2.24, 2.45) is 11.8 Å². The first-order valence-corrected chi connectivity index (χ1v) is 13.3. The number of carbonyl (C=O) groups is 2. The number of ether oxygens (including phenoxy) is 1. The predicted molar refractivity (Wildman–Crippen MR) is 130 cm³/mol. The molecule has 7 nitrogen and oxygen atoms in total. The first-order chi connectivity index (χ1) is 17.0. The quantitative estimate of drug-likeness (QED) is 0.501. The van der Waals surface area contributed by atoms with Gasteiger partial charge in [0.2, 0.25) is 5.89 Å². The Kier molecular flexibility index (Phi) is 7.23. The van der Waals surface area contributed by atoms with Crippen LogP contribution in [-0.4, -0.2) is 40.2 Å². The zero-order chi connectivity index (χ0) is 24.4. The zero-order valence-electron chi connectivity index (χ0n) is 20.4. The topological polar surface area (TPSA) is 102 Å². The van der Waals surface area contributed by atoms with Crippen molar-refractivity contribution in [2.45, 2.75) is 95.3 Å². The average molecular weight is 481 g/mol. The standard InChI is InChI=1S/C28H36N2O5/c1-2-8-21(17-9-4-3-5-10-17)29-26(31)22-16-34-27(30-22)25-20(23-13-14-24(25)35-23)15-18-11-6-7-12-19(18)28(32)33/h6-7,11-12,16-17,20-21,23-25H,2-5,8-10,13-15H2,1H3,(H,29,31)(H,32,33). The lowest BCUT2D eigenvalue weighted by molar-refractivity contribution is 0.0693. The largest absolute Gasteiger partial charge is 0.478 e. The van der Waals surface area contributed by atoms with Gasteiger partial charge in [0.1, 0.15) is 6.26 Å². The molecule has 3 fully saturated rings.